The summed E-state index contributed by atoms with van der Waals surface area (Å²) in [6, 6.07) is 6.51. The monoisotopic (exact) mass is 347 g/mol. The van der Waals surface area contributed by atoms with Gasteiger partial charge in [-0.15, -0.1) is 0 Å². The van der Waals surface area contributed by atoms with Crippen molar-refractivity contribution in [3.8, 4) is 11.8 Å². The molecule has 134 valence electrons. The molecule has 0 bridgehead atoms. The number of nitrogens with one attached hydrogen (secondary N) is 3. The Balaban J connectivity index is 2.46. The summed E-state index contributed by atoms with van der Waals surface area (Å²) in [5.41, 5.74) is 9.95. The highest BCUT2D eigenvalue weighted by Crippen LogP contribution is 2.11. The molecule has 0 aliphatic carbocycles. The normalized spacial score (nSPS) is 12.2. The number of nitrogens with zero attached hydrogens (tertiary/aromatic N) is 1. The van der Waals surface area contributed by atoms with E-state index < -0.39 is 23.9 Å². The number of ether oxygens (including phenoxy) is 1. The van der Waals surface area contributed by atoms with E-state index in [1.165, 1.54) is 0 Å². The van der Waals surface area contributed by atoms with Crippen LogP contribution in [0.3, 0.4) is 0 Å². The van der Waals surface area contributed by atoms with Gasteiger partial charge < -0.3 is 15.8 Å². The van der Waals surface area contributed by atoms with Gasteiger partial charge in [0, 0.05) is 0 Å². The van der Waals surface area contributed by atoms with Gasteiger partial charge in [0.15, 0.2) is 6.61 Å². The molecule has 0 heterocycles. The standard InChI is InChI=1S/C16H21N5O4/c1-3-10(2)14(19-16(18)24)15(23)21-20-13(22)9-25-12-6-4-11(8-17)5-7-12/h4-7,10,14H,3,9H2,1-2H3,(H,20,22)(H,21,23)(H3,18,19,24)/t10-,14-/m0/s1. The molecule has 0 aliphatic rings. The number of primary amides is 1. The predicted molar refractivity (Wildman–Crippen MR) is 88.9 cm³/mol. The second-order valence-corrected chi connectivity index (χ2v) is 5.33. The van der Waals surface area contributed by atoms with Crippen LogP contribution in [0.15, 0.2) is 24.3 Å². The van der Waals surface area contributed by atoms with E-state index in [1.807, 2.05) is 13.0 Å². The van der Waals surface area contributed by atoms with Crippen LogP contribution in [-0.2, 0) is 9.59 Å². The number of carbonyl (C=O) groups excluding carboxylic acids is 3. The average molecular weight is 347 g/mol. The highest BCUT2D eigenvalue weighted by molar-refractivity contribution is 5.88. The number of amides is 4. The van der Waals surface area contributed by atoms with Crippen molar-refractivity contribution in [3.05, 3.63) is 29.8 Å². The molecule has 0 saturated heterocycles. The van der Waals surface area contributed by atoms with Gasteiger partial charge in [0.1, 0.15) is 11.8 Å². The zero-order valence-electron chi connectivity index (χ0n) is 14.0. The maximum absolute atomic E-state index is 12.1. The molecular formula is C16H21N5O4. The van der Waals surface area contributed by atoms with Gasteiger partial charge in [-0.1, -0.05) is 20.3 Å². The first-order valence-electron chi connectivity index (χ1n) is 7.65. The molecular weight excluding hydrogens is 326 g/mol. The zero-order chi connectivity index (χ0) is 18.8. The Kier molecular flexibility index (Phi) is 7.72. The van der Waals surface area contributed by atoms with Crippen LogP contribution in [0.5, 0.6) is 5.75 Å². The van der Waals surface area contributed by atoms with Gasteiger partial charge >= 0.3 is 6.03 Å². The fourth-order valence-corrected chi connectivity index (χ4v) is 1.87. The van der Waals surface area contributed by atoms with Gasteiger partial charge in [0.05, 0.1) is 11.6 Å². The molecule has 0 aliphatic heterocycles. The van der Waals surface area contributed by atoms with Crippen LogP contribution in [0.25, 0.3) is 0 Å². The zero-order valence-corrected chi connectivity index (χ0v) is 14.0. The highest BCUT2D eigenvalue weighted by atomic mass is 16.5. The third-order valence-electron chi connectivity index (χ3n) is 3.47. The Hall–Kier alpha value is -3.28. The van der Waals surface area contributed by atoms with Crippen molar-refractivity contribution in [1.82, 2.24) is 16.2 Å². The number of nitrogens with two attached hydrogens (primary N) is 1. The lowest BCUT2D eigenvalue weighted by atomic mass is 9.99. The first-order chi connectivity index (χ1) is 11.9. The number of benzene rings is 1. The Bertz CT molecular complexity index is 653. The van der Waals surface area contributed by atoms with E-state index in [2.05, 4.69) is 16.2 Å². The van der Waals surface area contributed by atoms with Crippen LogP contribution < -0.4 is 26.6 Å². The molecule has 0 saturated carbocycles. The van der Waals surface area contributed by atoms with Crippen LogP contribution in [0.2, 0.25) is 0 Å². The number of rotatable bonds is 7. The summed E-state index contributed by atoms with van der Waals surface area (Å²) in [7, 11) is 0. The summed E-state index contributed by atoms with van der Waals surface area (Å²) in [4.78, 5) is 34.8. The number of hydrogen-bond donors (Lipinski definition) is 4. The molecule has 0 aromatic heterocycles. The van der Waals surface area contributed by atoms with Gasteiger partial charge in [-0.25, -0.2) is 4.79 Å². The van der Waals surface area contributed by atoms with Crippen molar-refractivity contribution in [2.24, 2.45) is 11.7 Å². The van der Waals surface area contributed by atoms with Crippen molar-refractivity contribution in [2.75, 3.05) is 6.61 Å². The van der Waals surface area contributed by atoms with E-state index in [4.69, 9.17) is 15.7 Å². The first kappa shape index (κ1) is 19.8. The van der Waals surface area contributed by atoms with Gasteiger partial charge in [-0.2, -0.15) is 5.26 Å². The van der Waals surface area contributed by atoms with Gasteiger partial charge in [-0.05, 0) is 30.2 Å². The van der Waals surface area contributed by atoms with Crippen LogP contribution in [0.1, 0.15) is 25.8 Å². The summed E-state index contributed by atoms with van der Waals surface area (Å²) in [6.45, 7) is 3.30. The summed E-state index contributed by atoms with van der Waals surface area (Å²) < 4.78 is 5.23. The first-order valence-corrected chi connectivity index (χ1v) is 7.65. The van der Waals surface area contributed by atoms with Gasteiger partial charge in [0.2, 0.25) is 0 Å². The number of carbonyl (C=O) groups is 3. The molecule has 5 N–H and O–H groups in total. The quantitative estimate of drug-likeness (QED) is 0.519. The lowest BCUT2D eigenvalue weighted by Gasteiger charge is -2.22. The minimum absolute atomic E-state index is 0.167. The Morgan fingerprint density at radius 1 is 1.24 bits per heavy atom. The molecule has 2 atom stereocenters. The van der Waals surface area contributed by atoms with E-state index in [0.717, 1.165) is 0 Å². The molecule has 0 spiro atoms. The fraction of sp³-hybridized carbons (Fsp3) is 0.375. The van der Waals surface area contributed by atoms with Crippen LogP contribution >= 0.6 is 0 Å². The fourth-order valence-electron chi connectivity index (χ4n) is 1.87. The Morgan fingerprint density at radius 3 is 2.40 bits per heavy atom. The topological polar surface area (TPSA) is 146 Å². The summed E-state index contributed by atoms with van der Waals surface area (Å²) in [5, 5.41) is 11.0. The van der Waals surface area contributed by atoms with Crippen molar-refractivity contribution in [1.29, 1.82) is 5.26 Å². The summed E-state index contributed by atoms with van der Waals surface area (Å²) in [6.07, 6.45) is 0.633. The molecule has 1 aromatic rings. The largest absolute Gasteiger partial charge is 0.484 e. The molecule has 0 unspecified atom stereocenters. The van der Waals surface area contributed by atoms with Gasteiger partial charge in [0.25, 0.3) is 11.8 Å². The summed E-state index contributed by atoms with van der Waals surface area (Å²) >= 11 is 0. The smallest absolute Gasteiger partial charge is 0.312 e. The maximum atomic E-state index is 12.1. The predicted octanol–water partition coefficient (Wildman–Crippen LogP) is 0.167. The number of hydrazine groups is 1. The van der Waals surface area contributed by atoms with Crippen LogP contribution in [-0.4, -0.2) is 30.5 Å². The molecule has 1 aromatic carbocycles. The molecule has 9 heteroatoms. The maximum Gasteiger partial charge on any atom is 0.312 e. The minimum atomic E-state index is -0.859. The Morgan fingerprint density at radius 2 is 1.88 bits per heavy atom. The molecule has 1 rings (SSSR count). The van der Waals surface area contributed by atoms with E-state index >= 15 is 0 Å². The summed E-state index contributed by atoms with van der Waals surface area (Å²) in [5.74, 6) is -0.924. The second kappa shape index (κ2) is 9.77. The highest BCUT2D eigenvalue weighted by Gasteiger charge is 2.25. The van der Waals surface area contributed by atoms with E-state index in [9.17, 15) is 14.4 Å². The van der Waals surface area contributed by atoms with Crippen molar-refractivity contribution in [3.63, 3.8) is 0 Å². The third-order valence-corrected chi connectivity index (χ3v) is 3.47. The minimum Gasteiger partial charge on any atom is -0.484 e. The van der Waals surface area contributed by atoms with E-state index in [-0.39, 0.29) is 12.5 Å². The van der Waals surface area contributed by atoms with E-state index in [0.29, 0.717) is 17.7 Å². The molecule has 9 nitrogen and oxygen atoms in total. The van der Waals surface area contributed by atoms with Crippen molar-refractivity contribution < 1.29 is 19.1 Å². The van der Waals surface area contributed by atoms with Gasteiger partial charge in [-0.3, -0.25) is 20.4 Å². The lowest BCUT2D eigenvalue weighted by Crippen LogP contribution is -2.56. The second-order valence-electron chi connectivity index (χ2n) is 5.33. The van der Waals surface area contributed by atoms with Crippen LogP contribution in [0, 0.1) is 17.2 Å². The Labute approximate surface area is 145 Å². The number of urea groups is 1. The van der Waals surface area contributed by atoms with Crippen molar-refractivity contribution in [2.45, 2.75) is 26.3 Å². The number of hydrogen-bond acceptors (Lipinski definition) is 5. The number of nitriles is 1. The molecule has 0 radical (unpaired) electrons. The molecule has 4 amide bonds. The van der Waals surface area contributed by atoms with Crippen molar-refractivity contribution >= 4 is 17.8 Å². The average Bonchev–Trinajstić information content (AvgIpc) is 2.62. The van der Waals surface area contributed by atoms with Crippen LogP contribution in [0.4, 0.5) is 4.79 Å². The molecule has 0 fully saturated rings. The third kappa shape index (κ3) is 6.78. The van der Waals surface area contributed by atoms with E-state index in [1.54, 1.807) is 31.2 Å². The molecule has 25 heavy (non-hydrogen) atoms. The lowest BCUT2D eigenvalue weighted by molar-refractivity contribution is -0.131. The SMILES string of the molecule is CC[C@H](C)[C@H](NC(N)=O)C(=O)NNC(=O)COc1ccc(C#N)cc1.